The molecule has 118 valence electrons. The molecule has 0 bridgehead atoms. The first-order valence-corrected chi connectivity index (χ1v) is 7.17. The number of hydrogen-bond acceptors (Lipinski definition) is 4. The average Bonchev–Trinajstić information content (AvgIpc) is 2.51. The van der Waals surface area contributed by atoms with Crippen molar-refractivity contribution in [2.24, 2.45) is 0 Å². The van der Waals surface area contributed by atoms with Gasteiger partial charge in [-0.05, 0) is 12.3 Å². The van der Waals surface area contributed by atoms with Crippen LogP contribution in [0.1, 0.15) is 24.9 Å². The van der Waals surface area contributed by atoms with Crippen LogP contribution in [0.2, 0.25) is 0 Å². The minimum Gasteiger partial charge on any atom is -0.480 e. The number of nitrogens with one attached hydrogen (secondary N) is 1. The fraction of sp³-hybridized carbons (Fsp3) is 0.250. The van der Waals surface area contributed by atoms with Crippen LogP contribution in [0.15, 0.2) is 36.7 Å². The van der Waals surface area contributed by atoms with E-state index in [1.165, 1.54) is 0 Å². The number of pyridine rings is 1. The Morgan fingerprint density at radius 3 is 2.78 bits per heavy atom. The number of benzene rings is 1. The SMILES string of the molecule is CC(NC(=O)N1C(=O)CC1C(=O)O)c1cncc2ccccc12. The number of aromatic nitrogens is 1. The molecule has 2 aromatic rings. The van der Waals surface area contributed by atoms with Crippen LogP contribution in [0, 0.1) is 0 Å². The standard InChI is InChI=1S/C16H15N3O4/c1-9(12-8-17-7-10-4-2-3-5-11(10)12)18-16(23)19-13(15(21)22)6-14(19)20/h2-5,7-9,13H,6H2,1H3,(H,18,23)(H,21,22). The van der Waals surface area contributed by atoms with Gasteiger partial charge in [-0.2, -0.15) is 0 Å². The first-order chi connectivity index (χ1) is 11.0. The van der Waals surface area contributed by atoms with Crippen molar-refractivity contribution >= 4 is 28.7 Å². The van der Waals surface area contributed by atoms with Crippen LogP contribution >= 0.6 is 0 Å². The van der Waals surface area contributed by atoms with Crippen molar-refractivity contribution in [3.05, 3.63) is 42.2 Å². The largest absolute Gasteiger partial charge is 0.480 e. The van der Waals surface area contributed by atoms with E-state index < -0.39 is 30.0 Å². The van der Waals surface area contributed by atoms with Crippen molar-refractivity contribution < 1.29 is 19.5 Å². The van der Waals surface area contributed by atoms with Gasteiger partial charge in [-0.1, -0.05) is 24.3 Å². The molecule has 1 aromatic carbocycles. The number of imide groups is 1. The number of hydrogen-bond donors (Lipinski definition) is 2. The summed E-state index contributed by atoms with van der Waals surface area (Å²) in [4.78, 5) is 39.6. The molecule has 3 amide bonds. The Kier molecular flexibility index (Phi) is 3.69. The average molecular weight is 313 g/mol. The number of carboxylic acid groups (broad SMARTS) is 1. The maximum atomic E-state index is 12.2. The van der Waals surface area contributed by atoms with Crippen LogP contribution < -0.4 is 5.32 Å². The molecule has 0 spiro atoms. The molecule has 0 saturated carbocycles. The lowest BCUT2D eigenvalue weighted by molar-refractivity contribution is -0.157. The Bertz CT molecular complexity index is 800. The predicted molar refractivity (Wildman–Crippen MR) is 81.6 cm³/mol. The summed E-state index contributed by atoms with van der Waals surface area (Å²) in [6.07, 6.45) is 3.24. The van der Waals surface area contributed by atoms with Gasteiger partial charge in [0, 0.05) is 23.3 Å². The number of urea groups is 1. The van der Waals surface area contributed by atoms with Crippen molar-refractivity contribution in [1.82, 2.24) is 15.2 Å². The Morgan fingerprint density at radius 1 is 1.35 bits per heavy atom. The smallest absolute Gasteiger partial charge is 0.327 e. The summed E-state index contributed by atoms with van der Waals surface area (Å²) in [5.41, 5.74) is 0.802. The first kappa shape index (κ1) is 15.0. The van der Waals surface area contributed by atoms with E-state index >= 15 is 0 Å². The number of nitrogens with zero attached hydrogens (tertiary/aromatic N) is 2. The van der Waals surface area contributed by atoms with E-state index in [0.29, 0.717) is 0 Å². The second-order valence-corrected chi connectivity index (χ2v) is 5.44. The number of aliphatic carboxylic acids is 1. The zero-order valence-corrected chi connectivity index (χ0v) is 12.4. The first-order valence-electron chi connectivity index (χ1n) is 7.17. The lowest BCUT2D eigenvalue weighted by Gasteiger charge is -2.36. The molecule has 2 N–H and O–H groups in total. The monoisotopic (exact) mass is 313 g/mol. The van der Waals surface area contributed by atoms with Gasteiger partial charge in [0.1, 0.15) is 6.04 Å². The third kappa shape index (κ3) is 2.61. The van der Waals surface area contributed by atoms with E-state index in [1.54, 1.807) is 19.3 Å². The lowest BCUT2D eigenvalue weighted by atomic mass is 10.0. The van der Waals surface area contributed by atoms with Crippen LogP contribution in [0.25, 0.3) is 10.8 Å². The molecular formula is C16H15N3O4. The molecule has 1 fully saturated rings. The molecular weight excluding hydrogens is 298 g/mol. The molecule has 1 saturated heterocycles. The van der Waals surface area contributed by atoms with Crippen molar-refractivity contribution in [1.29, 1.82) is 0 Å². The zero-order valence-electron chi connectivity index (χ0n) is 12.4. The topological polar surface area (TPSA) is 99.6 Å². The minimum absolute atomic E-state index is 0.146. The van der Waals surface area contributed by atoms with Gasteiger partial charge in [-0.3, -0.25) is 9.78 Å². The number of carboxylic acids is 1. The van der Waals surface area contributed by atoms with E-state index in [0.717, 1.165) is 21.2 Å². The molecule has 1 aliphatic heterocycles. The predicted octanol–water partition coefficient (Wildman–Crippen LogP) is 1.69. The molecule has 1 aliphatic rings. The second-order valence-electron chi connectivity index (χ2n) is 5.44. The van der Waals surface area contributed by atoms with Gasteiger partial charge in [0.2, 0.25) is 5.91 Å². The molecule has 3 rings (SSSR count). The summed E-state index contributed by atoms with van der Waals surface area (Å²) in [5, 5.41) is 13.5. The van der Waals surface area contributed by atoms with E-state index in [2.05, 4.69) is 10.3 Å². The van der Waals surface area contributed by atoms with Crippen molar-refractivity contribution in [2.45, 2.75) is 25.4 Å². The molecule has 1 aromatic heterocycles. The molecule has 2 unspecified atom stereocenters. The van der Waals surface area contributed by atoms with Crippen LogP contribution in [0.5, 0.6) is 0 Å². The fourth-order valence-corrected chi connectivity index (χ4v) is 2.69. The van der Waals surface area contributed by atoms with E-state index in [-0.39, 0.29) is 6.42 Å². The highest BCUT2D eigenvalue weighted by Crippen LogP contribution is 2.25. The third-order valence-electron chi connectivity index (χ3n) is 3.96. The number of rotatable bonds is 3. The number of likely N-dealkylation sites (tertiary alicyclic amines) is 1. The molecule has 0 radical (unpaired) electrons. The Balaban J connectivity index is 1.81. The molecule has 23 heavy (non-hydrogen) atoms. The summed E-state index contributed by atoms with van der Waals surface area (Å²) < 4.78 is 0. The van der Waals surface area contributed by atoms with Crippen LogP contribution in [0.3, 0.4) is 0 Å². The summed E-state index contributed by atoms with van der Waals surface area (Å²) >= 11 is 0. The molecule has 2 heterocycles. The highest BCUT2D eigenvalue weighted by atomic mass is 16.4. The van der Waals surface area contributed by atoms with Gasteiger partial charge in [0.15, 0.2) is 0 Å². The number of carbonyl (C=O) groups excluding carboxylic acids is 2. The quantitative estimate of drug-likeness (QED) is 0.840. The van der Waals surface area contributed by atoms with Crippen molar-refractivity contribution in [2.75, 3.05) is 0 Å². The lowest BCUT2D eigenvalue weighted by Crippen LogP contribution is -2.61. The summed E-state index contributed by atoms with van der Waals surface area (Å²) in [7, 11) is 0. The minimum atomic E-state index is -1.18. The Morgan fingerprint density at radius 2 is 2.09 bits per heavy atom. The maximum Gasteiger partial charge on any atom is 0.327 e. The summed E-state index contributed by atoms with van der Waals surface area (Å²) in [6.45, 7) is 1.77. The van der Waals surface area contributed by atoms with E-state index in [1.807, 2.05) is 24.3 Å². The number of amides is 3. The molecule has 7 heteroatoms. The Labute approximate surface area is 131 Å². The van der Waals surface area contributed by atoms with Gasteiger partial charge in [0.05, 0.1) is 12.5 Å². The van der Waals surface area contributed by atoms with Crippen molar-refractivity contribution in [3.8, 4) is 0 Å². The van der Waals surface area contributed by atoms with Crippen LogP contribution in [0.4, 0.5) is 4.79 Å². The number of β-lactam (4-membered cyclic amide) rings is 1. The van der Waals surface area contributed by atoms with E-state index in [4.69, 9.17) is 5.11 Å². The maximum absolute atomic E-state index is 12.2. The normalized spacial score (nSPS) is 18.4. The Hall–Kier alpha value is -2.96. The number of carbonyl (C=O) groups is 3. The van der Waals surface area contributed by atoms with Gasteiger partial charge < -0.3 is 10.4 Å². The third-order valence-corrected chi connectivity index (χ3v) is 3.96. The molecule has 2 atom stereocenters. The van der Waals surface area contributed by atoms with Gasteiger partial charge in [0.25, 0.3) is 0 Å². The molecule has 0 aliphatic carbocycles. The van der Waals surface area contributed by atoms with Crippen molar-refractivity contribution in [3.63, 3.8) is 0 Å². The van der Waals surface area contributed by atoms with Gasteiger partial charge in [-0.15, -0.1) is 0 Å². The van der Waals surface area contributed by atoms with E-state index in [9.17, 15) is 14.4 Å². The fourth-order valence-electron chi connectivity index (χ4n) is 2.69. The number of fused-ring (bicyclic) bond motifs is 1. The zero-order chi connectivity index (χ0) is 16.6. The highest BCUT2D eigenvalue weighted by molar-refractivity contribution is 6.06. The van der Waals surface area contributed by atoms with Crippen LogP contribution in [-0.4, -0.2) is 38.9 Å². The highest BCUT2D eigenvalue weighted by Gasteiger charge is 2.45. The second kappa shape index (κ2) is 5.68. The molecule has 7 nitrogen and oxygen atoms in total. The van der Waals surface area contributed by atoms with Gasteiger partial charge in [-0.25, -0.2) is 14.5 Å². The van der Waals surface area contributed by atoms with Crippen LogP contribution in [-0.2, 0) is 9.59 Å². The summed E-state index contributed by atoms with van der Waals surface area (Å²) in [5.74, 6) is -1.67. The van der Waals surface area contributed by atoms with Gasteiger partial charge >= 0.3 is 12.0 Å². The summed E-state index contributed by atoms with van der Waals surface area (Å²) in [6, 6.07) is 5.43.